The van der Waals surface area contributed by atoms with E-state index in [-0.39, 0.29) is 24.5 Å². The molecule has 0 saturated heterocycles. The molecule has 0 aliphatic heterocycles. The van der Waals surface area contributed by atoms with Gasteiger partial charge in [-0.05, 0) is 12.1 Å². The van der Waals surface area contributed by atoms with Crippen LogP contribution in [0, 0.1) is 0 Å². The molecule has 7 nitrogen and oxygen atoms in total. The lowest BCUT2D eigenvalue weighted by atomic mass is 10.3. The Morgan fingerprint density at radius 3 is 2.81 bits per heavy atom. The fraction of sp³-hybridized carbons (Fsp3) is 0.214. The lowest BCUT2D eigenvalue weighted by Gasteiger charge is -2.07. The third-order valence-corrected chi connectivity index (χ3v) is 2.59. The number of carbonyl (C=O) groups is 1. The first-order chi connectivity index (χ1) is 10.1. The average molecular weight is 290 g/mol. The Kier molecular flexibility index (Phi) is 4.55. The summed E-state index contributed by atoms with van der Waals surface area (Å²) in [6, 6.07) is 8.13. The zero-order valence-corrected chi connectivity index (χ0v) is 11.3. The largest absolute Gasteiger partial charge is 0.497 e. The lowest BCUT2D eigenvalue weighted by Crippen LogP contribution is -2.16. The van der Waals surface area contributed by atoms with Crippen LogP contribution in [0.3, 0.4) is 0 Å². The van der Waals surface area contributed by atoms with Crippen LogP contribution >= 0.6 is 0 Å². The summed E-state index contributed by atoms with van der Waals surface area (Å²) in [5, 5.41) is 8.72. The minimum atomic E-state index is -1.05. The van der Waals surface area contributed by atoms with E-state index in [9.17, 15) is 9.59 Å². The molecule has 2 aromatic rings. The molecular weight excluding hydrogens is 276 g/mol. The fourth-order valence-electron chi connectivity index (χ4n) is 1.72. The molecule has 2 rings (SSSR count). The number of H-pyrrole nitrogens is 1. The number of benzene rings is 1. The molecule has 0 aliphatic carbocycles. The smallest absolute Gasteiger partial charge is 0.309 e. The quantitative estimate of drug-likeness (QED) is 0.822. The number of hydrogen-bond donors (Lipinski definition) is 2. The number of nitrogens with one attached hydrogen (secondary N) is 1. The van der Waals surface area contributed by atoms with E-state index in [0.717, 1.165) is 6.07 Å². The average Bonchev–Trinajstić information content (AvgIpc) is 2.44. The predicted molar refractivity (Wildman–Crippen MR) is 73.5 cm³/mol. The molecule has 0 radical (unpaired) electrons. The lowest BCUT2D eigenvalue weighted by molar-refractivity contribution is -0.136. The third kappa shape index (κ3) is 4.34. The maximum atomic E-state index is 11.4. The highest BCUT2D eigenvalue weighted by molar-refractivity contribution is 5.69. The number of aromatic amines is 1. The minimum absolute atomic E-state index is 0.0237. The Morgan fingerprint density at radius 1 is 1.33 bits per heavy atom. The van der Waals surface area contributed by atoms with Gasteiger partial charge in [0.25, 0.3) is 5.56 Å². The van der Waals surface area contributed by atoms with E-state index in [1.54, 1.807) is 31.4 Å². The SMILES string of the molecule is COc1cccc(OCc2nc(CC(=O)O)cc(=O)[nH]2)c1. The normalized spacial score (nSPS) is 10.1. The van der Waals surface area contributed by atoms with Crippen molar-refractivity contribution in [3.63, 3.8) is 0 Å². The van der Waals surface area contributed by atoms with Gasteiger partial charge in [0.05, 0.1) is 19.2 Å². The van der Waals surface area contributed by atoms with Gasteiger partial charge < -0.3 is 19.6 Å². The zero-order valence-electron chi connectivity index (χ0n) is 11.3. The second-order valence-electron chi connectivity index (χ2n) is 4.22. The van der Waals surface area contributed by atoms with E-state index in [1.807, 2.05) is 0 Å². The first kappa shape index (κ1) is 14.6. The predicted octanol–water partition coefficient (Wildman–Crippen LogP) is 0.985. The molecule has 0 atom stereocenters. The fourth-order valence-corrected chi connectivity index (χ4v) is 1.72. The molecule has 1 heterocycles. The van der Waals surface area contributed by atoms with Gasteiger partial charge in [-0.15, -0.1) is 0 Å². The van der Waals surface area contributed by atoms with Gasteiger partial charge in [-0.25, -0.2) is 4.98 Å². The molecule has 0 bridgehead atoms. The number of hydrogen-bond acceptors (Lipinski definition) is 5. The van der Waals surface area contributed by atoms with Crippen molar-refractivity contribution in [3.8, 4) is 11.5 Å². The topological polar surface area (TPSA) is 102 Å². The Hall–Kier alpha value is -2.83. The van der Waals surface area contributed by atoms with E-state index in [0.29, 0.717) is 11.5 Å². The molecule has 0 unspecified atom stereocenters. The number of rotatable bonds is 6. The summed E-state index contributed by atoms with van der Waals surface area (Å²) in [5.41, 5.74) is -0.221. The zero-order chi connectivity index (χ0) is 15.2. The first-order valence-corrected chi connectivity index (χ1v) is 6.14. The molecule has 0 saturated carbocycles. The van der Waals surface area contributed by atoms with Gasteiger partial charge in [-0.3, -0.25) is 9.59 Å². The molecule has 0 spiro atoms. The van der Waals surface area contributed by atoms with Crippen LogP contribution in [0.15, 0.2) is 35.1 Å². The Labute approximate surface area is 120 Å². The Morgan fingerprint density at radius 2 is 2.10 bits per heavy atom. The summed E-state index contributed by atoms with van der Waals surface area (Å²) in [7, 11) is 1.55. The van der Waals surface area contributed by atoms with E-state index < -0.39 is 11.5 Å². The van der Waals surface area contributed by atoms with Crippen molar-refractivity contribution in [2.24, 2.45) is 0 Å². The van der Waals surface area contributed by atoms with E-state index in [4.69, 9.17) is 14.6 Å². The molecule has 7 heteroatoms. The number of ether oxygens (including phenoxy) is 2. The van der Waals surface area contributed by atoms with Gasteiger partial charge in [0.1, 0.15) is 23.9 Å². The van der Waals surface area contributed by atoms with Gasteiger partial charge in [0, 0.05) is 12.1 Å². The van der Waals surface area contributed by atoms with Crippen LogP contribution < -0.4 is 15.0 Å². The Balaban J connectivity index is 2.10. The molecule has 21 heavy (non-hydrogen) atoms. The summed E-state index contributed by atoms with van der Waals surface area (Å²) < 4.78 is 10.6. The van der Waals surface area contributed by atoms with Gasteiger partial charge in [0.2, 0.25) is 0 Å². The minimum Gasteiger partial charge on any atom is -0.497 e. The number of nitrogens with zero attached hydrogens (tertiary/aromatic N) is 1. The highest BCUT2D eigenvalue weighted by Gasteiger charge is 2.06. The van der Waals surface area contributed by atoms with Gasteiger partial charge in [0.15, 0.2) is 0 Å². The summed E-state index contributed by atoms with van der Waals surface area (Å²) in [5.74, 6) is 0.420. The van der Waals surface area contributed by atoms with Gasteiger partial charge >= 0.3 is 5.97 Å². The van der Waals surface area contributed by atoms with Crippen LogP contribution in [0.25, 0.3) is 0 Å². The molecule has 0 amide bonds. The molecule has 110 valence electrons. The van der Waals surface area contributed by atoms with Crippen LogP contribution in [0.1, 0.15) is 11.5 Å². The van der Waals surface area contributed by atoms with Crippen LogP contribution in [0.2, 0.25) is 0 Å². The number of carboxylic acids is 1. The first-order valence-electron chi connectivity index (χ1n) is 6.14. The highest BCUT2D eigenvalue weighted by atomic mass is 16.5. The van der Waals surface area contributed by atoms with Crippen molar-refractivity contribution >= 4 is 5.97 Å². The second-order valence-corrected chi connectivity index (χ2v) is 4.22. The second kappa shape index (κ2) is 6.56. The van der Waals surface area contributed by atoms with Crippen LogP contribution in [-0.2, 0) is 17.8 Å². The standard InChI is InChI=1S/C14H14N2O5/c1-20-10-3-2-4-11(7-10)21-8-12-15-9(6-14(18)19)5-13(17)16-12/h2-5,7H,6,8H2,1H3,(H,18,19)(H,15,16,17). The van der Waals surface area contributed by atoms with Crippen LogP contribution in [0.4, 0.5) is 0 Å². The van der Waals surface area contributed by atoms with Crippen molar-refractivity contribution in [2.75, 3.05) is 7.11 Å². The van der Waals surface area contributed by atoms with Crippen LogP contribution in [0.5, 0.6) is 11.5 Å². The molecule has 2 N–H and O–H groups in total. The summed E-state index contributed by atoms with van der Waals surface area (Å²) in [4.78, 5) is 28.6. The van der Waals surface area contributed by atoms with Crippen molar-refractivity contribution in [1.29, 1.82) is 0 Å². The number of carboxylic acid groups (broad SMARTS) is 1. The highest BCUT2D eigenvalue weighted by Crippen LogP contribution is 2.19. The molecular formula is C14H14N2O5. The van der Waals surface area contributed by atoms with Gasteiger partial charge in [-0.1, -0.05) is 6.07 Å². The summed E-state index contributed by atoms with van der Waals surface area (Å²) >= 11 is 0. The van der Waals surface area contributed by atoms with Crippen molar-refractivity contribution < 1.29 is 19.4 Å². The third-order valence-electron chi connectivity index (χ3n) is 2.59. The molecule has 0 aliphatic rings. The van der Waals surface area contributed by atoms with Crippen molar-refractivity contribution in [3.05, 3.63) is 52.2 Å². The maximum absolute atomic E-state index is 11.4. The molecule has 1 aromatic heterocycles. The van der Waals surface area contributed by atoms with Gasteiger partial charge in [-0.2, -0.15) is 0 Å². The van der Waals surface area contributed by atoms with E-state index in [2.05, 4.69) is 9.97 Å². The summed E-state index contributed by atoms with van der Waals surface area (Å²) in [6.07, 6.45) is -0.309. The number of aliphatic carboxylic acids is 1. The molecule has 0 fully saturated rings. The van der Waals surface area contributed by atoms with E-state index >= 15 is 0 Å². The Bertz CT molecular complexity index is 696. The maximum Gasteiger partial charge on any atom is 0.309 e. The number of methoxy groups -OCH3 is 1. The monoisotopic (exact) mass is 290 g/mol. The van der Waals surface area contributed by atoms with Crippen molar-refractivity contribution in [2.45, 2.75) is 13.0 Å². The van der Waals surface area contributed by atoms with Crippen molar-refractivity contribution in [1.82, 2.24) is 9.97 Å². The van der Waals surface area contributed by atoms with E-state index in [1.165, 1.54) is 0 Å². The summed E-state index contributed by atoms with van der Waals surface area (Å²) in [6.45, 7) is 0.0237. The van der Waals surface area contributed by atoms with Crippen LogP contribution in [-0.4, -0.2) is 28.2 Å². The molecule has 1 aromatic carbocycles. The number of aromatic nitrogens is 2.